The summed E-state index contributed by atoms with van der Waals surface area (Å²) in [6, 6.07) is 13.0. The van der Waals surface area contributed by atoms with Gasteiger partial charge < -0.3 is 24.7 Å². The molecule has 0 spiro atoms. The molecule has 2 aromatic carbocycles. The predicted octanol–water partition coefficient (Wildman–Crippen LogP) is 3.74. The highest BCUT2D eigenvalue weighted by Gasteiger charge is 2.16. The summed E-state index contributed by atoms with van der Waals surface area (Å²) in [4.78, 5) is 8.31. The van der Waals surface area contributed by atoms with Crippen LogP contribution in [-0.2, 0) is 13.1 Å². The highest BCUT2D eigenvalue weighted by atomic mass is 19.3. The molecule has 0 aliphatic rings. The molecular weight excluding hydrogens is 404 g/mol. The zero-order valence-corrected chi connectivity index (χ0v) is 17.4. The Morgan fingerprint density at radius 2 is 1.84 bits per heavy atom. The van der Waals surface area contributed by atoms with Crippen molar-refractivity contribution in [2.45, 2.75) is 26.6 Å². The van der Waals surface area contributed by atoms with Gasteiger partial charge in [0.25, 0.3) is 0 Å². The quantitative estimate of drug-likeness (QED) is 0.401. The van der Waals surface area contributed by atoms with Crippen LogP contribution in [0.4, 0.5) is 8.78 Å². The van der Waals surface area contributed by atoms with Crippen molar-refractivity contribution in [1.29, 1.82) is 0 Å². The molecule has 3 rings (SSSR count). The lowest BCUT2D eigenvalue weighted by molar-refractivity contribution is -0.0520. The van der Waals surface area contributed by atoms with Crippen molar-refractivity contribution in [1.82, 2.24) is 20.2 Å². The van der Waals surface area contributed by atoms with Crippen LogP contribution in [0.5, 0.6) is 11.5 Å². The van der Waals surface area contributed by atoms with Crippen molar-refractivity contribution >= 4 is 5.96 Å². The average Bonchev–Trinajstić information content (AvgIpc) is 3.30. The molecule has 3 aromatic rings. The number of aliphatic imine (C=N–C) groups is 1. The van der Waals surface area contributed by atoms with Gasteiger partial charge in [-0.05, 0) is 24.6 Å². The Kier molecular flexibility index (Phi) is 7.80. The fourth-order valence-corrected chi connectivity index (χ4v) is 3.08. The van der Waals surface area contributed by atoms with Gasteiger partial charge in [-0.1, -0.05) is 30.3 Å². The number of halogens is 2. The van der Waals surface area contributed by atoms with E-state index in [1.54, 1.807) is 44.7 Å². The predicted molar refractivity (Wildman–Crippen MR) is 115 cm³/mol. The number of guanidine groups is 1. The van der Waals surface area contributed by atoms with Gasteiger partial charge in [-0.3, -0.25) is 4.99 Å². The Hall–Kier alpha value is -3.62. The number of hydrogen-bond donors (Lipinski definition) is 2. The smallest absolute Gasteiger partial charge is 0.387 e. The second-order valence-electron chi connectivity index (χ2n) is 6.43. The van der Waals surface area contributed by atoms with Gasteiger partial charge >= 0.3 is 6.61 Å². The molecule has 164 valence electrons. The molecule has 0 saturated heterocycles. The van der Waals surface area contributed by atoms with Crippen LogP contribution in [0.1, 0.15) is 18.1 Å². The van der Waals surface area contributed by atoms with Crippen LogP contribution >= 0.6 is 0 Å². The zero-order valence-electron chi connectivity index (χ0n) is 17.4. The minimum absolute atomic E-state index is 0.0211. The van der Waals surface area contributed by atoms with Crippen LogP contribution in [0.25, 0.3) is 5.69 Å². The number of imidazole rings is 1. The fourth-order valence-electron chi connectivity index (χ4n) is 3.08. The first-order valence-electron chi connectivity index (χ1n) is 9.82. The minimum atomic E-state index is -2.95. The Balaban J connectivity index is 1.68. The fraction of sp³-hybridized carbons (Fsp3) is 0.273. The molecule has 1 aromatic heterocycles. The molecule has 0 amide bonds. The number of alkyl halides is 2. The van der Waals surface area contributed by atoms with Gasteiger partial charge in [0.2, 0.25) is 0 Å². The van der Waals surface area contributed by atoms with Crippen molar-refractivity contribution in [3.63, 3.8) is 0 Å². The average molecular weight is 429 g/mol. The molecule has 0 aliphatic heterocycles. The molecule has 2 N–H and O–H groups in total. The van der Waals surface area contributed by atoms with E-state index in [1.165, 1.54) is 0 Å². The van der Waals surface area contributed by atoms with Crippen LogP contribution in [0.15, 0.2) is 66.2 Å². The van der Waals surface area contributed by atoms with E-state index in [0.29, 0.717) is 24.7 Å². The first-order chi connectivity index (χ1) is 15.1. The lowest BCUT2D eigenvalue weighted by Gasteiger charge is -2.17. The van der Waals surface area contributed by atoms with Gasteiger partial charge in [0, 0.05) is 38.1 Å². The molecule has 0 bridgehead atoms. The summed E-state index contributed by atoms with van der Waals surface area (Å²) in [6.45, 7) is -0.0860. The standard InChI is InChI=1S/C22H25F2N5O2/c1-3-30-19-10-6-8-17(20(19)31-21(23)24)14-28-22(25-2)27-13-16-7-4-5-9-18(16)29-12-11-26-15-29/h4-12,15,21H,3,13-14H2,1-2H3,(H2,25,27,28). The van der Waals surface area contributed by atoms with Gasteiger partial charge in [-0.2, -0.15) is 8.78 Å². The number of aromatic nitrogens is 2. The van der Waals surface area contributed by atoms with Gasteiger partial charge in [-0.25, -0.2) is 4.98 Å². The largest absolute Gasteiger partial charge is 0.490 e. The summed E-state index contributed by atoms with van der Waals surface area (Å²) in [5.74, 6) is 0.817. The van der Waals surface area contributed by atoms with E-state index in [9.17, 15) is 8.78 Å². The second kappa shape index (κ2) is 11.0. The summed E-state index contributed by atoms with van der Waals surface area (Å²) in [6.07, 6.45) is 5.34. The van der Waals surface area contributed by atoms with Crippen LogP contribution < -0.4 is 20.1 Å². The second-order valence-corrected chi connectivity index (χ2v) is 6.43. The molecule has 0 radical (unpaired) electrons. The third kappa shape index (κ3) is 5.94. The van der Waals surface area contributed by atoms with Gasteiger partial charge in [0.05, 0.1) is 18.6 Å². The number of nitrogens with one attached hydrogen (secondary N) is 2. The van der Waals surface area contributed by atoms with Crippen LogP contribution in [0.3, 0.4) is 0 Å². The molecule has 0 unspecified atom stereocenters. The third-order valence-corrected chi connectivity index (χ3v) is 4.46. The summed E-state index contributed by atoms with van der Waals surface area (Å²) >= 11 is 0. The van der Waals surface area contributed by atoms with Crippen LogP contribution in [0.2, 0.25) is 0 Å². The first kappa shape index (κ1) is 22.1. The van der Waals surface area contributed by atoms with Crippen LogP contribution in [-0.4, -0.2) is 35.8 Å². The number of hydrogen-bond acceptors (Lipinski definition) is 4. The molecule has 0 fully saturated rings. The maximum Gasteiger partial charge on any atom is 0.387 e. The van der Waals surface area contributed by atoms with Crippen molar-refractivity contribution in [2.24, 2.45) is 4.99 Å². The Labute approximate surface area is 179 Å². The molecule has 31 heavy (non-hydrogen) atoms. The Morgan fingerprint density at radius 1 is 1.10 bits per heavy atom. The molecule has 7 nitrogen and oxygen atoms in total. The molecule has 1 heterocycles. The number of nitrogens with zero attached hydrogens (tertiary/aromatic N) is 3. The monoisotopic (exact) mass is 429 g/mol. The number of benzene rings is 2. The van der Waals surface area contributed by atoms with E-state index < -0.39 is 6.61 Å². The highest BCUT2D eigenvalue weighted by molar-refractivity contribution is 5.79. The van der Waals surface area contributed by atoms with Crippen molar-refractivity contribution < 1.29 is 18.3 Å². The summed E-state index contributed by atoms with van der Waals surface area (Å²) < 4.78 is 37.9. The minimum Gasteiger partial charge on any atom is -0.490 e. The first-order valence-corrected chi connectivity index (χ1v) is 9.82. The van der Waals surface area contributed by atoms with Gasteiger partial charge in [0.1, 0.15) is 0 Å². The van der Waals surface area contributed by atoms with Crippen molar-refractivity contribution in [3.05, 3.63) is 72.3 Å². The zero-order chi connectivity index (χ0) is 22.1. The van der Waals surface area contributed by atoms with E-state index in [0.717, 1.165) is 11.3 Å². The SMILES string of the molecule is CCOc1cccc(CNC(=NC)NCc2ccccc2-n2ccnc2)c1OC(F)F. The number of ether oxygens (including phenoxy) is 2. The van der Waals surface area contributed by atoms with E-state index in [1.807, 2.05) is 35.0 Å². The molecule has 0 atom stereocenters. The third-order valence-electron chi connectivity index (χ3n) is 4.46. The maximum atomic E-state index is 12.9. The molecule has 0 saturated carbocycles. The van der Waals surface area contributed by atoms with Crippen LogP contribution in [0, 0.1) is 0 Å². The normalized spacial score (nSPS) is 11.5. The van der Waals surface area contributed by atoms with Crippen molar-refractivity contribution in [3.8, 4) is 17.2 Å². The van der Waals surface area contributed by atoms with E-state index >= 15 is 0 Å². The lowest BCUT2D eigenvalue weighted by Crippen LogP contribution is -2.36. The molecule has 9 heteroatoms. The lowest BCUT2D eigenvalue weighted by atomic mass is 10.1. The summed E-state index contributed by atoms with van der Waals surface area (Å²) in [7, 11) is 1.64. The summed E-state index contributed by atoms with van der Waals surface area (Å²) in [5.41, 5.74) is 2.58. The van der Waals surface area contributed by atoms with E-state index in [-0.39, 0.29) is 18.0 Å². The summed E-state index contributed by atoms with van der Waals surface area (Å²) in [5, 5.41) is 6.38. The van der Waals surface area contributed by atoms with E-state index in [2.05, 4.69) is 20.6 Å². The molecule has 0 aliphatic carbocycles. The highest BCUT2D eigenvalue weighted by Crippen LogP contribution is 2.32. The van der Waals surface area contributed by atoms with Gasteiger partial charge in [0.15, 0.2) is 17.5 Å². The number of para-hydroxylation sites is 2. The topological polar surface area (TPSA) is 72.7 Å². The molecular formula is C22H25F2N5O2. The Morgan fingerprint density at radius 3 is 2.52 bits per heavy atom. The number of rotatable bonds is 9. The maximum absolute atomic E-state index is 12.9. The van der Waals surface area contributed by atoms with Gasteiger partial charge in [-0.15, -0.1) is 0 Å². The van der Waals surface area contributed by atoms with Crippen molar-refractivity contribution in [2.75, 3.05) is 13.7 Å². The Bertz CT molecular complexity index is 993. The van der Waals surface area contributed by atoms with E-state index in [4.69, 9.17) is 9.47 Å².